The summed E-state index contributed by atoms with van der Waals surface area (Å²) in [5.74, 6) is -0.890. The van der Waals surface area contributed by atoms with Crippen LogP contribution in [0, 0.1) is 13.8 Å². The van der Waals surface area contributed by atoms with Crippen molar-refractivity contribution in [3.63, 3.8) is 0 Å². The Balaban J connectivity index is 1.84. The fourth-order valence-electron chi connectivity index (χ4n) is 4.16. The van der Waals surface area contributed by atoms with Crippen LogP contribution in [0.3, 0.4) is 0 Å². The van der Waals surface area contributed by atoms with E-state index in [0.29, 0.717) is 28.6 Å². The van der Waals surface area contributed by atoms with Crippen molar-refractivity contribution in [2.45, 2.75) is 46.6 Å². The summed E-state index contributed by atoms with van der Waals surface area (Å²) in [6, 6.07) is 14.2. The minimum absolute atomic E-state index is 0.0703. The van der Waals surface area contributed by atoms with Gasteiger partial charge in [-0.1, -0.05) is 44.2 Å². The molecular formula is C27H28N2O4S. The average Bonchev–Trinajstić information content (AvgIpc) is 3.32. The molecule has 0 radical (unpaired) electrons. The van der Waals surface area contributed by atoms with E-state index in [2.05, 4.69) is 11.9 Å². The van der Waals surface area contributed by atoms with Crippen LogP contribution in [0.25, 0.3) is 0 Å². The molecule has 2 heterocycles. The van der Waals surface area contributed by atoms with Gasteiger partial charge < -0.3 is 9.84 Å². The first-order valence-electron chi connectivity index (χ1n) is 11.4. The van der Waals surface area contributed by atoms with E-state index in [1.807, 2.05) is 44.2 Å². The lowest BCUT2D eigenvalue weighted by atomic mass is 9.94. The lowest BCUT2D eigenvalue weighted by molar-refractivity contribution is -0.117. The molecule has 1 unspecified atom stereocenters. The Bertz CT molecular complexity index is 1260. The molecule has 1 aliphatic rings. The van der Waals surface area contributed by atoms with Gasteiger partial charge in [0.25, 0.3) is 5.91 Å². The molecule has 2 aromatic carbocycles. The predicted molar refractivity (Wildman–Crippen MR) is 134 cm³/mol. The molecule has 34 heavy (non-hydrogen) atoms. The van der Waals surface area contributed by atoms with Gasteiger partial charge >= 0.3 is 0 Å². The van der Waals surface area contributed by atoms with Crippen molar-refractivity contribution in [2.75, 3.05) is 11.5 Å². The molecule has 0 bridgehead atoms. The van der Waals surface area contributed by atoms with Gasteiger partial charge in [0.15, 0.2) is 5.76 Å². The zero-order valence-corrected chi connectivity index (χ0v) is 20.6. The topological polar surface area (TPSA) is 79.7 Å². The molecule has 6 nitrogen and oxygen atoms in total. The quantitative estimate of drug-likeness (QED) is 0.410. The molecule has 1 N–H and O–H groups in total. The molecule has 1 amide bonds. The maximum Gasteiger partial charge on any atom is 0.294 e. The number of amides is 1. The van der Waals surface area contributed by atoms with E-state index >= 15 is 0 Å². The summed E-state index contributed by atoms with van der Waals surface area (Å²) in [6.45, 7) is 8.24. The highest BCUT2D eigenvalue weighted by atomic mass is 32.1. The van der Waals surface area contributed by atoms with Crippen LogP contribution in [-0.4, -0.2) is 28.4 Å². The summed E-state index contributed by atoms with van der Waals surface area (Å²) in [7, 11) is 0. The van der Waals surface area contributed by atoms with Crippen molar-refractivity contribution in [3.05, 3.63) is 86.6 Å². The molecular weight excluding hydrogens is 448 g/mol. The van der Waals surface area contributed by atoms with Crippen molar-refractivity contribution in [2.24, 2.45) is 0 Å². The number of anilines is 1. The zero-order chi connectivity index (χ0) is 24.4. The van der Waals surface area contributed by atoms with Gasteiger partial charge in [-0.3, -0.25) is 14.5 Å². The van der Waals surface area contributed by atoms with E-state index in [1.165, 1.54) is 16.2 Å². The van der Waals surface area contributed by atoms with E-state index in [0.717, 1.165) is 29.0 Å². The molecule has 4 rings (SSSR count). The van der Waals surface area contributed by atoms with E-state index in [9.17, 15) is 14.7 Å². The zero-order valence-electron chi connectivity index (χ0n) is 19.8. The molecule has 176 valence electrons. The average molecular weight is 477 g/mol. The number of thiazole rings is 1. The molecule has 1 aliphatic heterocycles. The van der Waals surface area contributed by atoms with Gasteiger partial charge in [-0.2, -0.15) is 0 Å². The molecule has 1 aromatic heterocycles. The number of aryl methyl sites for hydroxylation is 3. The van der Waals surface area contributed by atoms with Gasteiger partial charge in [-0.25, -0.2) is 4.98 Å². The number of aliphatic hydroxyl groups is 1. The minimum Gasteiger partial charge on any atom is -0.503 e. The Kier molecular flexibility index (Phi) is 6.84. The standard InChI is InChI=1S/C27H28N2O4S/c1-5-14-33-21-9-7-8-20(15-21)29-23(19-12-10-18(6-2)11-13-19)22(25(31)27(29)32)24(30)26-16(3)28-17(4)34-26/h7-13,15,23,31H,5-6,14H2,1-4H3. The maximum atomic E-state index is 13.7. The van der Waals surface area contributed by atoms with Crippen LogP contribution in [0.4, 0.5) is 5.69 Å². The number of ether oxygens (including phenoxy) is 1. The molecule has 0 spiro atoms. The number of nitrogens with zero attached hydrogens (tertiary/aromatic N) is 2. The van der Waals surface area contributed by atoms with E-state index in [-0.39, 0.29) is 11.4 Å². The normalized spacial score (nSPS) is 15.8. The molecule has 0 saturated heterocycles. The first-order valence-corrected chi connectivity index (χ1v) is 12.2. The van der Waals surface area contributed by atoms with E-state index < -0.39 is 17.7 Å². The van der Waals surface area contributed by atoms with Crippen LogP contribution in [0.15, 0.2) is 59.9 Å². The second-order valence-electron chi connectivity index (χ2n) is 8.26. The number of Topliss-reactive ketones (excluding diaryl/α,β-unsaturated/α-hetero) is 1. The van der Waals surface area contributed by atoms with Crippen LogP contribution in [-0.2, 0) is 11.2 Å². The third-order valence-electron chi connectivity index (χ3n) is 5.83. The van der Waals surface area contributed by atoms with E-state index in [1.54, 1.807) is 25.1 Å². The van der Waals surface area contributed by atoms with Crippen LogP contribution in [0.1, 0.15) is 57.8 Å². The van der Waals surface area contributed by atoms with Crippen LogP contribution >= 0.6 is 11.3 Å². The first-order chi connectivity index (χ1) is 16.3. The number of ketones is 1. The summed E-state index contributed by atoms with van der Waals surface area (Å²) >= 11 is 1.27. The summed E-state index contributed by atoms with van der Waals surface area (Å²) in [6.07, 6.45) is 1.73. The summed E-state index contributed by atoms with van der Waals surface area (Å²) in [5, 5.41) is 11.7. The summed E-state index contributed by atoms with van der Waals surface area (Å²) in [5.41, 5.74) is 3.10. The number of hydrogen-bond donors (Lipinski definition) is 1. The minimum atomic E-state index is -0.769. The maximum absolute atomic E-state index is 13.7. The van der Waals surface area contributed by atoms with Gasteiger partial charge in [0.05, 0.1) is 33.8 Å². The second-order valence-corrected chi connectivity index (χ2v) is 9.46. The lowest BCUT2D eigenvalue weighted by Gasteiger charge is -2.27. The summed E-state index contributed by atoms with van der Waals surface area (Å²) in [4.78, 5) is 33.3. The van der Waals surface area contributed by atoms with Crippen LogP contribution < -0.4 is 9.64 Å². The molecule has 3 aromatic rings. The van der Waals surface area contributed by atoms with Gasteiger partial charge in [0.2, 0.25) is 5.78 Å². The van der Waals surface area contributed by atoms with Gasteiger partial charge in [0, 0.05) is 11.8 Å². The van der Waals surface area contributed by atoms with Gasteiger partial charge in [-0.05, 0) is 49.9 Å². The number of hydrogen-bond acceptors (Lipinski definition) is 6. The number of aromatic nitrogens is 1. The number of benzene rings is 2. The second kappa shape index (κ2) is 9.81. The third kappa shape index (κ3) is 4.35. The predicted octanol–water partition coefficient (Wildman–Crippen LogP) is 5.89. The Labute approximate surface area is 203 Å². The number of carbonyl (C=O) groups excluding carboxylic acids is 2. The lowest BCUT2D eigenvalue weighted by Crippen LogP contribution is -2.31. The molecule has 0 saturated carbocycles. The fourth-order valence-corrected chi connectivity index (χ4v) is 5.04. The monoisotopic (exact) mass is 476 g/mol. The van der Waals surface area contributed by atoms with Crippen molar-refractivity contribution in [1.29, 1.82) is 0 Å². The molecule has 0 fully saturated rings. The van der Waals surface area contributed by atoms with Crippen molar-refractivity contribution < 1.29 is 19.4 Å². The Hall–Kier alpha value is -3.45. The largest absolute Gasteiger partial charge is 0.503 e. The highest BCUT2D eigenvalue weighted by Crippen LogP contribution is 2.43. The SMILES string of the molecule is CCCOc1cccc(N2C(=O)C(O)=C(C(=O)c3sc(C)nc3C)C2c2ccc(CC)cc2)c1. The first kappa shape index (κ1) is 23.7. The summed E-state index contributed by atoms with van der Waals surface area (Å²) < 4.78 is 5.76. The third-order valence-corrected chi connectivity index (χ3v) is 6.91. The Morgan fingerprint density at radius 2 is 1.88 bits per heavy atom. The number of aliphatic hydroxyl groups excluding tert-OH is 1. The van der Waals surface area contributed by atoms with Gasteiger partial charge in [-0.15, -0.1) is 11.3 Å². The van der Waals surface area contributed by atoms with Gasteiger partial charge in [0.1, 0.15) is 5.75 Å². The van der Waals surface area contributed by atoms with Crippen molar-refractivity contribution >= 4 is 28.7 Å². The number of rotatable bonds is 8. The number of carbonyl (C=O) groups is 2. The highest BCUT2D eigenvalue weighted by molar-refractivity contribution is 7.14. The van der Waals surface area contributed by atoms with E-state index in [4.69, 9.17) is 4.74 Å². The molecule has 1 atom stereocenters. The smallest absolute Gasteiger partial charge is 0.294 e. The van der Waals surface area contributed by atoms with Crippen LogP contribution in [0.2, 0.25) is 0 Å². The van der Waals surface area contributed by atoms with Crippen LogP contribution in [0.5, 0.6) is 5.75 Å². The Morgan fingerprint density at radius 3 is 2.50 bits per heavy atom. The molecule has 0 aliphatic carbocycles. The highest BCUT2D eigenvalue weighted by Gasteiger charge is 2.45. The Morgan fingerprint density at radius 1 is 1.15 bits per heavy atom. The fraction of sp³-hybridized carbons (Fsp3) is 0.296. The molecule has 7 heteroatoms. The van der Waals surface area contributed by atoms with Crippen molar-refractivity contribution in [1.82, 2.24) is 4.98 Å². The van der Waals surface area contributed by atoms with Crippen molar-refractivity contribution in [3.8, 4) is 5.75 Å².